The predicted molar refractivity (Wildman–Crippen MR) is 149 cm³/mol. The molecule has 0 aliphatic carbocycles. The summed E-state index contributed by atoms with van der Waals surface area (Å²) in [5.74, 6) is -0.670. The van der Waals surface area contributed by atoms with Crippen molar-refractivity contribution in [3.05, 3.63) is 89.7 Å². The molecule has 3 aromatic carbocycles. The van der Waals surface area contributed by atoms with Gasteiger partial charge in [-0.3, -0.25) is 9.69 Å². The number of nitrogens with zero attached hydrogens (tertiary/aromatic N) is 4. The van der Waals surface area contributed by atoms with Crippen LogP contribution in [0.4, 0.5) is 9.52 Å². The number of halogens is 2. The van der Waals surface area contributed by atoms with Crippen molar-refractivity contribution in [3.63, 3.8) is 0 Å². The van der Waals surface area contributed by atoms with Crippen LogP contribution in [0.1, 0.15) is 15.9 Å². The first kappa shape index (κ1) is 28.7. The Morgan fingerprint density at radius 2 is 1.62 bits per heavy atom. The SMILES string of the molecule is CN(C)CCN(C(=O)c1ccc(S(=O)(=O)N(C)Cc2ccccc2)cc1)c1nc2ccc(F)cc2s1.Cl. The van der Waals surface area contributed by atoms with Crippen LogP contribution in [0.3, 0.4) is 0 Å². The summed E-state index contributed by atoms with van der Waals surface area (Å²) in [6.45, 7) is 1.20. The average Bonchev–Trinajstić information content (AvgIpc) is 3.27. The van der Waals surface area contributed by atoms with Gasteiger partial charge in [-0.15, -0.1) is 12.4 Å². The Morgan fingerprint density at radius 1 is 0.946 bits per heavy atom. The highest BCUT2D eigenvalue weighted by Crippen LogP contribution is 2.30. The molecule has 0 bridgehead atoms. The zero-order valence-corrected chi connectivity index (χ0v) is 23.1. The summed E-state index contributed by atoms with van der Waals surface area (Å²) in [4.78, 5) is 21.6. The van der Waals surface area contributed by atoms with Crippen molar-refractivity contribution >= 4 is 55.0 Å². The standard InChI is InChI=1S/C26H27FN4O3S2.ClH/c1-29(2)15-16-31(26-28-23-14-11-21(27)17-24(23)35-26)25(32)20-9-12-22(13-10-20)36(33,34)30(3)18-19-7-5-4-6-8-19;/h4-14,17H,15-16,18H2,1-3H3;1H. The summed E-state index contributed by atoms with van der Waals surface area (Å²) in [7, 11) is 1.60. The minimum atomic E-state index is -3.74. The van der Waals surface area contributed by atoms with Gasteiger partial charge in [0.25, 0.3) is 5.91 Å². The average molecular weight is 563 g/mol. The van der Waals surface area contributed by atoms with Crippen molar-refractivity contribution < 1.29 is 17.6 Å². The van der Waals surface area contributed by atoms with Gasteiger partial charge >= 0.3 is 0 Å². The lowest BCUT2D eigenvalue weighted by atomic mass is 10.2. The van der Waals surface area contributed by atoms with E-state index in [9.17, 15) is 17.6 Å². The molecule has 196 valence electrons. The number of aromatic nitrogens is 1. The third-order valence-electron chi connectivity index (χ3n) is 5.64. The van der Waals surface area contributed by atoms with Crippen LogP contribution in [0.25, 0.3) is 10.2 Å². The zero-order valence-electron chi connectivity index (χ0n) is 20.7. The van der Waals surface area contributed by atoms with E-state index in [4.69, 9.17) is 0 Å². The maximum Gasteiger partial charge on any atom is 0.260 e. The number of hydrogen-bond donors (Lipinski definition) is 0. The number of amides is 1. The molecule has 4 aromatic rings. The fourth-order valence-electron chi connectivity index (χ4n) is 3.62. The third-order valence-corrected chi connectivity index (χ3v) is 8.50. The number of hydrogen-bond acceptors (Lipinski definition) is 6. The molecule has 0 aliphatic rings. The van der Waals surface area contributed by atoms with Crippen molar-refractivity contribution in [1.29, 1.82) is 0 Å². The maximum absolute atomic E-state index is 13.7. The maximum atomic E-state index is 13.7. The van der Waals surface area contributed by atoms with Crippen molar-refractivity contribution in [2.75, 3.05) is 39.1 Å². The number of thiazole rings is 1. The molecule has 7 nitrogen and oxygen atoms in total. The number of carbonyl (C=O) groups excluding carboxylic acids is 1. The molecule has 0 unspecified atom stereocenters. The van der Waals surface area contributed by atoms with E-state index in [0.29, 0.717) is 34.0 Å². The first-order valence-corrected chi connectivity index (χ1v) is 13.5. The fourth-order valence-corrected chi connectivity index (χ4v) is 5.79. The highest BCUT2D eigenvalue weighted by Gasteiger charge is 2.24. The Hall–Kier alpha value is -2.89. The van der Waals surface area contributed by atoms with Crippen molar-refractivity contribution in [1.82, 2.24) is 14.2 Å². The molecule has 0 radical (unpaired) electrons. The summed E-state index contributed by atoms with van der Waals surface area (Å²) >= 11 is 1.24. The van der Waals surface area contributed by atoms with Crippen molar-refractivity contribution in [3.8, 4) is 0 Å². The Balaban J connectivity index is 0.00000380. The van der Waals surface area contributed by atoms with Crippen LogP contribution in [0.2, 0.25) is 0 Å². The number of fused-ring (bicyclic) bond motifs is 1. The first-order chi connectivity index (χ1) is 17.1. The predicted octanol–water partition coefficient (Wildman–Crippen LogP) is 4.89. The zero-order chi connectivity index (χ0) is 25.9. The van der Waals surface area contributed by atoms with Crippen LogP contribution in [-0.4, -0.2) is 62.7 Å². The van der Waals surface area contributed by atoms with Gasteiger partial charge in [0.1, 0.15) is 5.82 Å². The van der Waals surface area contributed by atoms with Gasteiger partial charge < -0.3 is 4.90 Å². The molecular formula is C26H28ClFN4O3S2. The second kappa shape index (κ2) is 12.1. The molecule has 0 atom stereocenters. The molecule has 0 saturated carbocycles. The number of likely N-dealkylation sites (N-methyl/N-ethyl adjacent to an activating group) is 1. The summed E-state index contributed by atoms with van der Waals surface area (Å²) in [5, 5.41) is 0.460. The summed E-state index contributed by atoms with van der Waals surface area (Å²) in [5.41, 5.74) is 1.83. The molecule has 0 fully saturated rings. The Bertz CT molecular complexity index is 1460. The highest BCUT2D eigenvalue weighted by molar-refractivity contribution is 7.89. The van der Waals surface area contributed by atoms with Crippen LogP contribution < -0.4 is 4.90 Å². The van der Waals surface area contributed by atoms with Crippen LogP contribution in [0.15, 0.2) is 77.7 Å². The Kier molecular flexibility index (Phi) is 9.38. The molecule has 0 spiro atoms. The normalized spacial score (nSPS) is 11.6. The molecule has 0 aliphatic heterocycles. The lowest BCUT2D eigenvalue weighted by molar-refractivity contribution is 0.0985. The smallest absolute Gasteiger partial charge is 0.260 e. The van der Waals surface area contributed by atoms with Crippen molar-refractivity contribution in [2.45, 2.75) is 11.4 Å². The number of rotatable bonds is 9. The van der Waals surface area contributed by atoms with E-state index in [1.165, 1.54) is 59.1 Å². The van der Waals surface area contributed by atoms with E-state index < -0.39 is 10.0 Å². The fraction of sp³-hybridized carbons (Fsp3) is 0.231. The van der Waals surface area contributed by atoms with E-state index in [2.05, 4.69) is 4.98 Å². The van der Waals surface area contributed by atoms with Gasteiger partial charge in [0.05, 0.1) is 15.1 Å². The Morgan fingerprint density at radius 3 is 2.27 bits per heavy atom. The summed E-state index contributed by atoms with van der Waals surface area (Å²) in [6, 6.07) is 19.6. The van der Waals surface area contributed by atoms with Gasteiger partial charge in [-0.05, 0) is 62.1 Å². The topological polar surface area (TPSA) is 73.8 Å². The van der Waals surface area contributed by atoms with E-state index >= 15 is 0 Å². The van der Waals surface area contributed by atoms with Crippen LogP contribution >= 0.6 is 23.7 Å². The van der Waals surface area contributed by atoms with Gasteiger partial charge in [-0.1, -0.05) is 41.7 Å². The van der Waals surface area contributed by atoms with Gasteiger partial charge in [0, 0.05) is 32.2 Å². The number of benzene rings is 3. The second-order valence-corrected chi connectivity index (χ2v) is 11.7. The van der Waals surface area contributed by atoms with Gasteiger partial charge in [-0.2, -0.15) is 4.31 Å². The molecule has 1 amide bonds. The number of carbonyl (C=O) groups is 1. The minimum absolute atomic E-state index is 0. The second-order valence-electron chi connectivity index (χ2n) is 8.64. The molecule has 4 rings (SSSR count). The molecule has 1 aromatic heterocycles. The summed E-state index contributed by atoms with van der Waals surface area (Å²) in [6.07, 6.45) is 0. The highest BCUT2D eigenvalue weighted by atomic mass is 35.5. The molecule has 0 saturated heterocycles. The van der Waals surface area contributed by atoms with E-state index in [1.54, 1.807) is 11.0 Å². The van der Waals surface area contributed by atoms with E-state index in [1.807, 2.05) is 49.3 Å². The molecule has 1 heterocycles. The lowest BCUT2D eigenvalue weighted by Gasteiger charge is -2.22. The molecule has 0 N–H and O–H groups in total. The minimum Gasteiger partial charge on any atom is -0.308 e. The first-order valence-electron chi connectivity index (χ1n) is 11.3. The third kappa shape index (κ3) is 6.71. The quantitative estimate of drug-likeness (QED) is 0.290. The molecule has 37 heavy (non-hydrogen) atoms. The molecule has 11 heteroatoms. The number of sulfonamides is 1. The van der Waals surface area contributed by atoms with Gasteiger partial charge in [0.15, 0.2) is 5.13 Å². The summed E-state index contributed by atoms with van der Waals surface area (Å²) < 4.78 is 41.7. The Labute approximate surface area is 226 Å². The van der Waals surface area contributed by atoms with E-state index in [0.717, 1.165) is 5.56 Å². The van der Waals surface area contributed by atoms with Crippen LogP contribution in [0, 0.1) is 5.82 Å². The molecular weight excluding hydrogens is 535 g/mol. The van der Waals surface area contributed by atoms with Crippen LogP contribution in [-0.2, 0) is 16.6 Å². The monoisotopic (exact) mass is 562 g/mol. The largest absolute Gasteiger partial charge is 0.308 e. The van der Waals surface area contributed by atoms with E-state index in [-0.39, 0.29) is 35.6 Å². The lowest BCUT2D eigenvalue weighted by Crippen LogP contribution is -2.36. The van der Waals surface area contributed by atoms with Crippen molar-refractivity contribution in [2.24, 2.45) is 0 Å². The number of anilines is 1. The van der Waals surface area contributed by atoms with Gasteiger partial charge in [0.2, 0.25) is 10.0 Å². The van der Waals surface area contributed by atoms with Crippen LogP contribution in [0.5, 0.6) is 0 Å². The van der Waals surface area contributed by atoms with Gasteiger partial charge in [-0.25, -0.2) is 17.8 Å².